The summed E-state index contributed by atoms with van der Waals surface area (Å²) in [7, 11) is 4.82. The van der Waals surface area contributed by atoms with E-state index in [1.54, 1.807) is 59.1 Å². The summed E-state index contributed by atoms with van der Waals surface area (Å²) in [6, 6.07) is 14.4. The number of carbonyl (C=O) groups is 6. The van der Waals surface area contributed by atoms with Crippen molar-refractivity contribution in [3.05, 3.63) is 59.7 Å². The van der Waals surface area contributed by atoms with Gasteiger partial charge < -0.3 is 34.9 Å². The molecule has 4 amide bonds. The van der Waals surface area contributed by atoms with Gasteiger partial charge in [0.2, 0.25) is 11.8 Å². The second-order valence-corrected chi connectivity index (χ2v) is 13.6. The Bertz CT molecular complexity index is 1590. The van der Waals surface area contributed by atoms with Crippen LogP contribution in [0.3, 0.4) is 0 Å². The van der Waals surface area contributed by atoms with E-state index in [1.165, 1.54) is 12.0 Å². The van der Waals surface area contributed by atoms with Crippen LogP contribution < -0.4 is 28.7 Å². The van der Waals surface area contributed by atoms with Gasteiger partial charge in [-0.25, -0.2) is 0 Å². The fourth-order valence-corrected chi connectivity index (χ4v) is 7.44. The number of amides is 4. The van der Waals surface area contributed by atoms with Crippen molar-refractivity contribution in [1.29, 1.82) is 0 Å². The minimum absolute atomic E-state index is 0. The van der Waals surface area contributed by atoms with E-state index in [9.17, 15) is 28.8 Å². The van der Waals surface area contributed by atoms with Gasteiger partial charge in [-0.1, -0.05) is 24.3 Å². The predicted octanol–water partition coefficient (Wildman–Crippen LogP) is 0.908. The Kier molecular flexibility index (Phi) is 14.8. The van der Waals surface area contributed by atoms with E-state index in [-0.39, 0.29) is 84.8 Å². The van der Waals surface area contributed by atoms with E-state index in [0.717, 1.165) is 38.5 Å². The van der Waals surface area contributed by atoms with E-state index in [2.05, 4.69) is 0 Å². The number of hydrogen-bond acceptors (Lipinski definition) is 8. The molecule has 0 bridgehead atoms. The van der Waals surface area contributed by atoms with Gasteiger partial charge >= 0.3 is 30.8 Å². The van der Waals surface area contributed by atoms with Crippen LogP contribution in [0.25, 0.3) is 0 Å². The molecule has 14 heteroatoms. The smallest absolute Gasteiger partial charge is 0.870 e. The van der Waals surface area contributed by atoms with E-state index in [1.807, 2.05) is 18.2 Å². The summed E-state index contributed by atoms with van der Waals surface area (Å²) < 4.78 is 4.82. The molecule has 0 atom stereocenters. The molecule has 2 aromatic carbocycles. The molecule has 2 saturated carbocycles. The quantitative estimate of drug-likeness (QED) is 0.340. The Morgan fingerprint density at radius 3 is 1.41 bits per heavy atom. The van der Waals surface area contributed by atoms with Crippen LogP contribution in [0.15, 0.2) is 48.5 Å². The number of carboxylic acids is 1. The number of para-hydroxylation sites is 2. The molecule has 51 heavy (non-hydrogen) atoms. The standard InChI is InChI=1S/C19H24N2O4.C18H22N2O4.Li.H2O/c1-20-16-6-4-3-5-15(16)18(23)21(12-17(20)22)11-13-7-9-14(10-8-13)19(24)25-2;1-19-15-5-3-2-4-14(15)17(22)20(11-16(19)21)10-12-6-8-13(9-7-12)18(23)24;;/h3-6,13-14H,7-12H2,1-2H3;2-5,12-13H,6-11H2,1H3,(H,23,24);;1H2/q;;+1;/p-1. The summed E-state index contributed by atoms with van der Waals surface area (Å²) in [6.07, 6.45) is 6.16. The number of hydrogen-bond donors (Lipinski definition) is 1. The third-order valence-corrected chi connectivity index (χ3v) is 10.5. The Morgan fingerprint density at radius 1 is 0.667 bits per heavy atom. The molecule has 0 unspecified atom stereocenters. The Labute approximate surface area is 310 Å². The summed E-state index contributed by atoms with van der Waals surface area (Å²) in [6.45, 7) is 1.24. The van der Waals surface area contributed by atoms with E-state index >= 15 is 0 Å². The van der Waals surface area contributed by atoms with Gasteiger partial charge in [0.15, 0.2) is 0 Å². The topological polar surface area (TPSA) is 175 Å². The Balaban J connectivity index is 0.000000265. The van der Waals surface area contributed by atoms with Gasteiger partial charge in [0.1, 0.15) is 13.1 Å². The second kappa shape index (κ2) is 18.4. The number of methoxy groups -OCH3 is 1. The molecule has 2 aliphatic heterocycles. The summed E-state index contributed by atoms with van der Waals surface area (Å²) in [4.78, 5) is 79.6. The number of likely N-dealkylation sites (N-methyl/N-ethyl adjacent to an activating group) is 2. The number of nitrogens with zero attached hydrogens (tertiary/aromatic N) is 4. The van der Waals surface area contributed by atoms with Crippen molar-refractivity contribution < 1.29 is 62.9 Å². The molecule has 0 aromatic heterocycles. The minimum Gasteiger partial charge on any atom is -0.870 e. The molecule has 2 aromatic rings. The minimum atomic E-state index is -0.731. The third-order valence-electron chi connectivity index (χ3n) is 10.5. The van der Waals surface area contributed by atoms with Crippen molar-refractivity contribution >= 4 is 46.9 Å². The zero-order chi connectivity index (χ0) is 35.2. The van der Waals surface area contributed by atoms with Crippen LogP contribution in [0.1, 0.15) is 72.1 Å². The molecule has 270 valence electrons. The first-order chi connectivity index (χ1) is 23.5. The van der Waals surface area contributed by atoms with Gasteiger partial charge in [0.25, 0.3) is 11.8 Å². The molecule has 0 radical (unpaired) electrons. The zero-order valence-corrected chi connectivity index (χ0v) is 30.0. The summed E-state index contributed by atoms with van der Waals surface area (Å²) in [5.41, 5.74) is 2.42. The zero-order valence-electron chi connectivity index (χ0n) is 30.0. The maximum atomic E-state index is 12.9. The number of benzene rings is 2. The largest absolute Gasteiger partial charge is 1.00 e. The van der Waals surface area contributed by atoms with Crippen LogP contribution in [0.4, 0.5) is 11.4 Å². The van der Waals surface area contributed by atoms with Gasteiger partial charge in [-0.15, -0.1) is 0 Å². The number of carbonyl (C=O) groups excluding carboxylic acids is 5. The molecular formula is C37H47LiN4O9. The molecule has 2 heterocycles. The number of fused-ring (bicyclic) bond motifs is 2. The first-order valence-corrected chi connectivity index (χ1v) is 17.1. The molecule has 13 nitrogen and oxygen atoms in total. The number of anilines is 2. The van der Waals surface area contributed by atoms with Crippen molar-refractivity contribution in [3.63, 3.8) is 0 Å². The number of aliphatic carboxylic acids is 1. The van der Waals surface area contributed by atoms with Gasteiger partial charge in [-0.05, 0) is 87.5 Å². The molecule has 4 aliphatic rings. The average molecular weight is 699 g/mol. The van der Waals surface area contributed by atoms with Gasteiger partial charge in [0, 0.05) is 27.2 Å². The van der Waals surface area contributed by atoms with Crippen molar-refractivity contribution in [2.45, 2.75) is 51.4 Å². The van der Waals surface area contributed by atoms with Crippen molar-refractivity contribution in [2.24, 2.45) is 23.7 Å². The third kappa shape index (κ3) is 9.58. The van der Waals surface area contributed by atoms with E-state index in [4.69, 9.17) is 9.84 Å². The van der Waals surface area contributed by atoms with Gasteiger partial charge in [-0.2, -0.15) is 0 Å². The molecule has 6 rings (SSSR count). The second-order valence-electron chi connectivity index (χ2n) is 13.6. The van der Waals surface area contributed by atoms with E-state index < -0.39 is 5.97 Å². The maximum Gasteiger partial charge on any atom is 1.00 e. The molecule has 2 aliphatic carbocycles. The summed E-state index contributed by atoms with van der Waals surface area (Å²) in [5, 5.41) is 9.08. The van der Waals surface area contributed by atoms with Gasteiger partial charge in [-0.3, -0.25) is 28.8 Å². The predicted molar refractivity (Wildman–Crippen MR) is 184 cm³/mol. The first-order valence-electron chi connectivity index (χ1n) is 17.1. The van der Waals surface area contributed by atoms with Crippen LogP contribution >= 0.6 is 0 Å². The molecule has 2 N–H and O–H groups in total. The van der Waals surface area contributed by atoms with Crippen LogP contribution in [-0.2, 0) is 23.9 Å². The van der Waals surface area contributed by atoms with Crippen molar-refractivity contribution in [3.8, 4) is 0 Å². The van der Waals surface area contributed by atoms with Crippen LogP contribution in [0, 0.1) is 23.7 Å². The van der Waals surface area contributed by atoms with Crippen molar-refractivity contribution in [1.82, 2.24) is 9.80 Å². The number of esters is 1. The fraction of sp³-hybridized carbons (Fsp3) is 0.514. The maximum absolute atomic E-state index is 12.9. The Morgan fingerprint density at radius 2 is 1.04 bits per heavy atom. The van der Waals surface area contributed by atoms with Gasteiger partial charge in [0.05, 0.1) is 41.4 Å². The average Bonchev–Trinajstić information content (AvgIpc) is 3.27. The van der Waals surface area contributed by atoms with Crippen LogP contribution in [0.2, 0.25) is 0 Å². The molecule has 0 saturated heterocycles. The van der Waals surface area contributed by atoms with E-state index in [0.29, 0.717) is 54.4 Å². The fourth-order valence-electron chi connectivity index (χ4n) is 7.44. The van der Waals surface area contributed by atoms with Crippen LogP contribution in [0.5, 0.6) is 0 Å². The monoisotopic (exact) mass is 698 g/mol. The SMILES string of the molecule is CN1C(=O)CN(CC2CCC(C(=O)O)CC2)C(=O)c2ccccc21.COC(=O)C1CCC(CN2CC(=O)N(C)c3ccccc3C2=O)CC1.[Li+].[OH-]. The molecule has 2 fully saturated rings. The first kappa shape index (κ1) is 41.2. The Hall–Kier alpha value is -4.18. The molecule has 0 spiro atoms. The van der Waals surface area contributed by atoms with Crippen molar-refractivity contribution in [2.75, 3.05) is 57.2 Å². The molecular weight excluding hydrogens is 651 g/mol. The number of rotatable bonds is 6. The number of carboxylic acid groups (broad SMARTS) is 1. The summed E-state index contributed by atoms with van der Waals surface area (Å²) >= 11 is 0. The summed E-state index contributed by atoms with van der Waals surface area (Å²) in [5.74, 6) is -1.01. The normalized spacial score (nSPS) is 23.3. The van der Waals surface area contributed by atoms with Crippen LogP contribution in [-0.4, -0.2) is 103 Å². The number of ether oxygens (including phenoxy) is 1.